The number of carbonyl (C=O) groups is 3. The smallest absolute Gasteiger partial charge is 0.332 e. The number of aryl methyl sites for hydroxylation is 1. The lowest BCUT2D eigenvalue weighted by Crippen LogP contribution is -2.44. The SMILES string of the molecule is Cc1ccccc1[C@@H]1c2[nH]c3ccccc3c2C[C@H]2C(=O)N(c3ccccc3C(=O)NCCCOC(C)C)C(=O)N12. The number of anilines is 1. The lowest BCUT2D eigenvalue weighted by molar-refractivity contribution is -0.120. The third-order valence-electron chi connectivity index (χ3n) is 7.98. The van der Waals surface area contributed by atoms with Crippen LogP contribution in [-0.2, 0) is 16.0 Å². The van der Waals surface area contributed by atoms with Gasteiger partial charge in [-0.25, -0.2) is 9.69 Å². The summed E-state index contributed by atoms with van der Waals surface area (Å²) >= 11 is 0. The molecule has 3 aromatic carbocycles. The van der Waals surface area contributed by atoms with Gasteiger partial charge < -0.3 is 15.0 Å². The van der Waals surface area contributed by atoms with Gasteiger partial charge in [0.1, 0.15) is 12.1 Å². The number of fused-ring (bicyclic) bond motifs is 4. The summed E-state index contributed by atoms with van der Waals surface area (Å²) in [6.45, 7) is 6.92. The Hall–Kier alpha value is -4.43. The topological polar surface area (TPSA) is 94.7 Å². The van der Waals surface area contributed by atoms with E-state index in [1.165, 1.54) is 4.90 Å². The van der Waals surface area contributed by atoms with Crippen molar-refractivity contribution in [3.63, 3.8) is 0 Å². The number of amides is 4. The van der Waals surface area contributed by atoms with Crippen molar-refractivity contribution in [3.8, 4) is 0 Å². The predicted octanol–water partition coefficient (Wildman–Crippen LogP) is 5.50. The first kappa shape index (κ1) is 26.8. The molecule has 1 aromatic heterocycles. The summed E-state index contributed by atoms with van der Waals surface area (Å²) in [6, 6.07) is 21.2. The minimum absolute atomic E-state index is 0.125. The Morgan fingerprint density at radius 2 is 1.76 bits per heavy atom. The minimum atomic E-state index is -0.692. The van der Waals surface area contributed by atoms with Crippen LogP contribution >= 0.6 is 0 Å². The number of imide groups is 1. The number of nitrogens with zero attached hydrogens (tertiary/aromatic N) is 2. The van der Waals surface area contributed by atoms with E-state index in [0.29, 0.717) is 31.7 Å². The molecule has 6 rings (SSSR count). The molecule has 8 heteroatoms. The zero-order valence-corrected chi connectivity index (χ0v) is 23.5. The van der Waals surface area contributed by atoms with Crippen LogP contribution in [0.1, 0.15) is 59.1 Å². The van der Waals surface area contributed by atoms with Crippen LogP contribution in [0.2, 0.25) is 0 Å². The number of aromatic amines is 1. The van der Waals surface area contributed by atoms with Crippen LogP contribution in [0.5, 0.6) is 0 Å². The lowest BCUT2D eigenvalue weighted by atomic mass is 9.87. The zero-order valence-electron chi connectivity index (χ0n) is 23.5. The first-order valence-electron chi connectivity index (χ1n) is 14.2. The summed E-state index contributed by atoms with van der Waals surface area (Å²) < 4.78 is 5.56. The van der Waals surface area contributed by atoms with E-state index < -0.39 is 18.1 Å². The summed E-state index contributed by atoms with van der Waals surface area (Å²) in [4.78, 5) is 48.1. The monoisotopic (exact) mass is 550 g/mol. The van der Waals surface area contributed by atoms with Crippen LogP contribution in [0.3, 0.4) is 0 Å². The van der Waals surface area contributed by atoms with Crippen LogP contribution < -0.4 is 10.2 Å². The molecule has 8 nitrogen and oxygen atoms in total. The maximum atomic E-state index is 14.3. The largest absolute Gasteiger partial charge is 0.379 e. The molecule has 0 saturated carbocycles. The van der Waals surface area contributed by atoms with E-state index in [-0.39, 0.29) is 23.5 Å². The van der Waals surface area contributed by atoms with Gasteiger partial charge in [0, 0.05) is 36.2 Å². The van der Waals surface area contributed by atoms with E-state index in [1.54, 1.807) is 29.2 Å². The van der Waals surface area contributed by atoms with E-state index in [9.17, 15) is 14.4 Å². The number of para-hydroxylation sites is 2. The zero-order chi connectivity index (χ0) is 28.7. The number of H-pyrrole nitrogens is 1. The molecule has 0 bridgehead atoms. The van der Waals surface area contributed by atoms with Crippen LogP contribution in [-0.4, -0.2) is 53.0 Å². The van der Waals surface area contributed by atoms with Crippen LogP contribution in [0.15, 0.2) is 72.8 Å². The second kappa shape index (κ2) is 10.9. The van der Waals surface area contributed by atoms with Gasteiger partial charge in [0.2, 0.25) is 0 Å². The van der Waals surface area contributed by atoms with Gasteiger partial charge in [-0.3, -0.25) is 14.5 Å². The number of hydrogen-bond acceptors (Lipinski definition) is 4. The Morgan fingerprint density at radius 1 is 1.02 bits per heavy atom. The predicted molar refractivity (Wildman–Crippen MR) is 158 cm³/mol. The molecule has 2 N–H and O–H groups in total. The second-order valence-corrected chi connectivity index (χ2v) is 11.0. The molecule has 0 aliphatic carbocycles. The van der Waals surface area contributed by atoms with Crippen molar-refractivity contribution >= 4 is 34.4 Å². The average molecular weight is 551 g/mol. The highest BCUT2D eigenvalue weighted by Gasteiger charge is 2.53. The first-order valence-corrected chi connectivity index (χ1v) is 14.2. The van der Waals surface area contributed by atoms with Crippen LogP contribution in [0, 0.1) is 6.92 Å². The Bertz CT molecular complexity index is 1640. The highest BCUT2D eigenvalue weighted by molar-refractivity contribution is 6.24. The van der Waals surface area contributed by atoms with Crippen molar-refractivity contribution < 1.29 is 19.1 Å². The van der Waals surface area contributed by atoms with Gasteiger partial charge in [-0.15, -0.1) is 0 Å². The molecule has 41 heavy (non-hydrogen) atoms. The molecular weight excluding hydrogens is 516 g/mol. The minimum Gasteiger partial charge on any atom is -0.379 e. The van der Waals surface area contributed by atoms with E-state index in [0.717, 1.165) is 33.3 Å². The van der Waals surface area contributed by atoms with E-state index in [1.807, 2.05) is 63.2 Å². The normalized spacial score (nSPS) is 18.2. The third kappa shape index (κ3) is 4.68. The van der Waals surface area contributed by atoms with Gasteiger partial charge >= 0.3 is 6.03 Å². The molecule has 4 aromatic rings. The van der Waals surface area contributed by atoms with Crippen molar-refractivity contribution in [1.29, 1.82) is 0 Å². The molecule has 1 fully saturated rings. The lowest BCUT2D eigenvalue weighted by Gasteiger charge is -2.36. The fourth-order valence-electron chi connectivity index (χ4n) is 6.06. The van der Waals surface area contributed by atoms with Crippen molar-refractivity contribution in [3.05, 3.63) is 101 Å². The van der Waals surface area contributed by atoms with Gasteiger partial charge in [0.25, 0.3) is 11.8 Å². The Morgan fingerprint density at radius 3 is 2.56 bits per heavy atom. The number of nitrogens with one attached hydrogen (secondary N) is 2. The van der Waals surface area contributed by atoms with Crippen molar-refractivity contribution in [2.45, 2.75) is 51.8 Å². The van der Waals surface area contributed by atoms with Gasteiger partial charge in [-0.1, -0.05) is 54.6 Å². The summed E-state index contributed by atoms with van der Waals surface area (Å²) in [7, 11) is 0. The maximum Gasteiger partial charge on any atom is 0.332 e. The van der Waals surface area contributed by atoms with Gasteiger partial charge in [0.05, 0.1) is 17.4 Å². The molecule has 0 unspecified atom stereocenters. The highest BCUT2D eigenvalue weighted by atomic mass is 16.5. The quantitative estimate of drug-likeness (QED) is 0.224. The molecule has 0 spiro atoms. The molecule has 210 valence electrons. The fourth-order valence-corrected chi connectivity index (χ4v) is 6.06. The maximum absolute atomic E-state index is 14.3. The van der Waals surface area contributed by atoms with Gasteiger partial charge in [-0.05, 0) is 62.1 Å². The average Bonchev–Trinajstić information content (AvgIpc) is 3.46. The van der Waals surface area contributed by atoms with Gasteiger partial charge in [0.15, 0.2) is 0 Å². The summed E-state index contributed by atoms with van der Waals surface area (Å²) in [6.07, 6.45) is 1.18. The third-order valence-corrected chi connectivity index (χ3v) is 7.98. The number of aromatic nitrogens is 1. The first-order chi connectivity index (χ1) is 19.9. The molecule has 4 amide bonds. The van der Waals surface area contributed by atoms with Gasteiger partial charge in [-0.2, -0.15) is 0 Å². The number of carbonyl (C=O) groups excluding carboxylic acids is 3. The second-order valence-electron chi connectivity index (χ2n) is 11.0. The Labute approximate surface area is 239 Å². The molecule has 2 aliphatic heterocycles. The Kier molecular flexibility index (Phi) is 7.09. The molecule has 3 heterocycles. The number of urea groups is 1. The summed E-state index contributed by atoms with van der Waals surface area (Å²) in [5.41, 5.74) is 5.53. The van der Waals surface area contributed by atoms with Crippen molar-refractivity contribution in [2.75, 3.05) is 18.1 Å². The standard InChI is InChI=1S/C33H34N4O4/c1-20(2)41-18-10-17-34-31(38)24-14-7-9-16-27(24)37-32(39)28-19-25-23-13-6-8-15-26(23)35-29(25)30(36(28)33(37)40)22-12-5-4-11-21(22)3/h4-9,11-16,20,28,30,35H,10,17-19H2,1-3H3,(H,34,38)/t28-,30+/m0/s1. The van der Waals surface area contributed by atoms with Crippen LogP contribution in [0.25, 0.3) is 10.9 Å². The van der Waals surface area contributed by atoms with Crippen molar-refractivity contribution in [2.24, 2.45) is 0 Å². The summed E-state index contributed by atoms with van der Waals surface area (Å²) in [5.74, 6) is -0.655. The molecule has 0 radical (unpaired) electrons. The van der Waals surface area contributed by atoms with Crippen molar-refractivity contribution in [1.82, 2.24) is 15.2 Å². The van der Waals surface area contributed by atoms with Crippen LogP contribution in [0.4, 0.5) is 10.5 Å². The number of hydrogen-bond donors (Lipinski definition) is 2. The van der Waals surface area contributed by atoms with E-state index >= 15 is 0 Å². The van der Waals surface area contributed by atoms with E-state index in [2.05, 4.69) is 16.4 Å². The molecular formula is C33H34N4O4. The molecule has 1 saturated heterocycles. The van der Waals surface area contributed by atoms with E-state index in [4.69, 9.17) is 4.74 Å². The highest BCUT2D eigenvalue weighted by Crippen LogP contribution is 2.45. The Balaban J connectivity index is 1.37. The fraction of sp³-hybridized carbons (Fsp3) is 0.303. The number of rotatable bonds is 8. The number of ether oxygens (including phenoxy) is 1. The molecule has 2 atom stereocenters. The summed E-state index contributed by atoms with van der Waals surface area (Å²) in [5, 5.41) is 3.97. The molecule has 2 aliphatic rings. The number of benzene rings is 3.